The predicted molar refractivity (Wildman–Crippen MR) is 144 cm³/mol. The number of carbonyl (C=O) groups is 3. The van der Waals surface area contributed by atoms with Crippen molar-refractivity contribution in [2.24, 2.45) is 5.92 Å². The van der Waals surface area contributed by atoms with Crippen LogP contribution in [0.15, 0.2) is 66.4 Å². The molecule has 0 bridgehead atoms. The third kappa shape index (κ3) is 4.03. The smallest absolute Gasteiger partial charge is 0.340 e. The molecule has 1 spiro atoms. The van der Waals surface area contributed by atoms with Crippen LogP contribution in [0.1, 0.15) is 49.7 Å². The molecule has 2 atom stereocenters. The van der Waals surface area contributed by atoms with Gasteiger partial charge in [-0.05, 0) is 60.7 Å². The second-order valence-electron chi connectivity index (χ2n) is 10.1. The molecule has 0 radical (unpaired) electrons. The fraction of sp³-hybridized carbons (Fsp3) is 0.258. The van der Waals surface area contributed by atoms with Crippen LogP contribution in [-0.4, -0.2) is 48.3 Å². The van der Waals surface area contributed by atoms with Gasteiger partial charge in [-0.2, -0.15) is 0 Å². The Kier molecular flexibility index (Phi) is 5.90. The number of amides is 1. The molecule has 39 heavy (non-hydrogen) atoms. The number of aromatic amines is 1. The number of H-pyrrole nitrogens is 1. The molecule has 1 aliphatic heterocycles. The number of rotatable bonds is 7. The van der Waals surface area contributed by atoms with Gasteiger partial charge in [0.2, 0.25) is 5.78 Å². The number of fused-ring (bicyclic) bond motifs is 1. The van der Waals surface area contributed by atoms with Gasteiger partial charge in [0.05, 0.1) is 25.5 Å². The Labute approximate surface area is 225 Å². The first kappa shape index (κ1) is 24.7. The number of nitrogens with one attached hydrogen (secondary N) is 1. The number of hydrogen-bond acceptors (Lipinski definition) is 6. The van der Waals surface area contributed by atoms with Crippen molar-refractivity contribution in [3.63, 3.8) is 0 Å². The van der Waals surface area contributed by atoms with Gasteiger partial charge in [0.1, 0.15) is 18.1 Å². The van der Waals surface area contributed by atoms with Crippen molar-refractivity contribution in [2.75, 3.05) is 20.8 Å². The van der Waals surface area contributed by atoms with E-state index in [9.17, 15) is 14.4 Å². The summed E-state index contributed by atoms with van der Waals surface area (Å²) in [4.78, 5) is 43.6. The lowest BCUT2D eigenvalue weighted by atomic mass is 9.82. The highest BCUT2D eigenvalue weighted by molar-refractivity contribution is 6.11. The molecule has 1 saturated heterocycles. The molecular weight excluding hydrogens is 496 g/mol. The summed E-state index contributed by atoms with van der Waals surface area (Å²) in [5, 5.41) is 0. The van der Waals surface area contributed by atoms with E-state index in [1.54, 1.807) is 31.1 Å². The van der Waals surface area contributed by atoms with Crippen molar-refractivity contribution in [1.82, 2.24) is 9.88 Å². The van der Waals surface area contributed by atoms with Gasteiger partial charge in [-0.25, -0.2) is 4.79 Å². The zero-order valence-corrected chi connectivity index (χ0v) is 21.9. The third-order valence-corrected chi connectivity index (χ3v) is 7.92. The maximum atomic E-state index is 13.3. The number of benzene rings is 2. The van der Waals surface area contributed by atoms with E-state index in [0.29, 0.717) is 41.4 Å². The van der Waals surface area contributed by atoms with E-state index in [-0.39, 0.29) is 17.6 Å². The highest BCUT2D eigenvalue weighted by atomic mass is 16.5. The van der Waals surface area contributed by atoms with Crippen LogP contribution < -0.4 is 9.47 Å². The number of aromatic nitrogens is 1. The average Bonchev–Trinajstić information content (AvgIpc) is 3.40. The number of methoxy groups -OCH3 is 2. The summed E-state index contributed by atoms with van der Waals surface area (Å²) in [6.07, 6.45) is 5.62. The van der Waals surface area contributed by atoms with Crippen LogP contribution >= 0.6 is 0 Å². The molecule has 1 N–H and O–H groups in total. The van der Waals surface area contributed by atoms with Crippen LogP contribution in [0.3, 0.4) is 0 Å². The molecule has 8 nitrogen and oxygen atoms in total. The number of esters is 1. The Hall–Kier alpha value is -4.59. The third-order valence-electron chi connectivity index (χ3n) is 7.92. The van der Waals surface area contributed by atoms with Crippen molar-refractivity contribution in [3.8, 4) is 11.5 Å². The maximum Gasteiger partial charge on any atom is 0.340 e. The highest BCUT2D eigenvalue weighted by Crippen LogP contribution is 2.67. The van der Waals surface area contributed by atoms with Crippen LogP contribution in [0.5, 0.6) is 11.5 Å². The summed E-state index contributed by atoms with van der Waals surface area (Å²) in [6.45, 7) is 2.70. The summed E-state index contributed by atoms with van der Waals surface area (Å²) < 4.78 is 16.1. The SMILES string of the molecule is COC(=O)c1c(C)[nH]c2c1[C@@]13C[C@@H]1CN(C(=O)/C=C/c1ccc(OCc4ccc(OC)cc4)cc1)C3=CC2=O. The average molecular weight is 525 g/mol. The molecule has 1 saturated carbocycles. The Bertz CT molecular complexity index is 1550. The van der Waals surface area contributed by atoms with E-state index in [1.165, 1.54) is 13.2 Å². The number of likely N-dealkylation sites (tertiary alicyclic amines) is 1. The molecule has 6 rings (SSSR count). The first-order valence-electron chi connectivity index (χ1n) is 12.8. The molecule has 3 aliphatic rings. The summed E-state index contributed by atoms with van der Waals surface area (Å²) in [5.74, 6) is 0.779. The first-order chi connectivity index (χ1) is 18.8. The van der Waals surface area contributed by atoms with Gasteiger partial charge in [-0.1, -0.05) is 24.3 Å². The van der Waals surface area contributed by atoms with Crippen molar-refractivity contribution in [3.05, 3.63) is 100 Å². The second-order valence-corrected chi connectivity index (χ2v) is 10.1. The Morgan fingerprint density at radius 1 is 1.08 bits per heavy atom. The van der Waals surface area contributed by atoms with Gasteiger partial charge in [0.25, 0.3) is 5.91 Å². The molecule has 2 aromatic carbocycles. The summed E-state index contributed by atoms with van der Waals surface area (Å²) in [5.41, 5.74) is 4.19. The largest absolute Gasteiger partial charge is 0.497 e. The number of hydrogen-bond donors (Lipinski definition) is 1. The summed E-state index contributed by atoms with van der Waals surface area (Å²) in [6, 6.07) is 15.2. The van der Waals surface area contributed by atoms with Crippen LogP contribution in [0, 0.1) is 12.8 Å². The Balaban J connectivity index is 1.15. The predicted octanol–water partition coefficient (Wildman–Crippen LogP) is 4.59. The quantitative estimate of drug-likeness (QED) is 0.359. The van der Waals surface area contributed by atoms with Crippen molar-refractivity contribution in [2.45, 2.75) is 25.4 Å². The lowest BCUT2D eigenvalue weighted by Crippen LogP contribution is -2.33. The van der Waals surface area contributed by atoms with Gasteiger partial charge in [0.15, 0.2) is 0 Å². The zero-order valence-electron chi connectivity index (χ0n) is 21.9. The topological polar surface area (TPSA) is 97.9 Å². The van der Waals surface area contributed by atoms with E-state index >= 15 is 0 Å². The minimum atomic E-state index is -0.496. The van der Waals surface area contributed by atoms with E-state index in [2.05, 4.69) is 4.98 Å². The molecule has 1 amide bonds. The number of piperidine rings is 1. The maximum absolute atomic E-state index is 13.3. The van der Waals surface area contributed by atoms with Gasteiger partial charge in [0, 0.05) is 41.1 Å². The molecule has 8 heteroatoms. The van der Waals surface area contributed by atoms with Crippen LogP contribution in [0.25, 0.3) is 6.08 Å². The molecular formula is C31H28N2O6. The second kappa shape index (κ2) is 9.31. The number of ketones is 1. The summed E-state index contributed by atoms with van der Waals surface area (Å²) in [7, 11) is 2.97. The molecule has 3 aromatic rings. The monoisotopic (exact) mass is 524 g/mol. The summed E-state index contributed by atoms with van der Waals surface area (Å²) >= 11 is 0. The minimum absolute atomic E-state index is 0.161. The van der Waals surface area contributed by atoms with E-state index in [4.69, 9.17) is 14.2 Å². The molecule has 2 fully saturated rings. The number of carbonyl (C=O) groups excluding carboxylic acids is 3. The zero-order chi connectivity index (χ0) is 27.3. The molecule has 2 aliphatic carbocycles. The normalized spacial score (nSPS) is 20.7. The molecule has 0 unspecified atom stereocenters. The number of nitrogens with zero attached hydrogens (tertiary/aromatic N) is 1. The van der Waals surface area contributed by atoms with E-state index in [1.807, 2.05) is 48.5 Å². The Morgan fingerprint density at radius 3 is 2.49 bits per heavy atom. The molecule has 1 aromatic heterocycles. The van der Waals surface area contributed by atoms with Gasteiger partial charge >= 0.3 is 5.97 Å². The van der Waals surface area contributed by atoms with E-state index in [0.717, 1.165) is 29.0 Å². The first-order valence-corrected chi connectivity index (χ1v) is 12.8. The van der Waals surface area contributed by atoms with E-state index < -0.39 is 11.4 Å². The molecule has 2 heterocycles. The minimum Gasteiger partial charge on any atom is -0.497 e. The highest BCUT2D eigenvalue weighted by Gasteiger charge is 2.68. The van der Waals surface area contributed by atoms with Gasteiger partial charge in [-0.15, -0.1) is 0 Å². The van der Waals surface area contributed by atoms with Crippen LogP contribution in [0.2, 0.25) is 0 Å². The number of ether oxygens (including phenoxy) is 3. The van der Waals surface area contributed by atoms with Crippen molar-refractivity contribution >= 4 is 23.7 Å². The Morgan fingerprint density at radius 2 is 1.79 bits per heavy atom. The fourth-order valence-corrected chi connectivity index (χ4v) is 5.90. The van der Waals surface area contributed by atoms with Crippen LogP contribution in [0.4, 0.5) is 0 Å². The van der Waals surface area contributed by atoms with Crippen molar-refractivity contribution < 1.29 is 28.6 Å². The molecule has 198 valence electrons. The number of aryl methyl sites for hydroxylation is 1. The fourth-order valence-electron chi connectivity index (χ4n) is 5.90. The lowest BCUT2D eigenvalue weighted by Gasteiger charge is -2.27. The number of allylic oxidation sites excluding steroid dienone is 2. The standard InChI is InChI=1S/C31H28N2O6/c1-18-27(30(36)38-3)28-29(32-18)24(34)14-25-31(28)15-21(31)16-33(25)26(35)13-8-19-4-11-23(12-5-19)39-17-20-6-9-22(37-2)10-7-20/h4-14,21,32H,15-17H2,1-3H3/b13-8+/t21-,31+/m1/s1. The van der Waals surface area contributed by atoms with Gasteiger partial charge < -0.3 is 24.1 Å². The van der Waals surface area contributed by atoms with Gasteiger partial charge in [-0.3, -0.25) is 9.59 Å². The van der Waals surface area contributed by atoms with Crippen LogP contribution in [-0.2, 0) is 21.6 Å². The van der Waals surface area contributed by atoms with Crippen molar-refractivity contribution in [1.29, 1.82) is 0 Å². The lowest BCUT2D eigenvalue weighted by molar-refractivity contribution is -0.123.